The molecule has 0 unspecified atom stereocenters. The molecule has 0 radical (unpaired) electrons. The minimum atomic E-state index is -4.12. The minimum absolute atomic E-state index is 0. The molecule has 2 rings (SSSR count). The molecule has 1 heterocycles. The van der Waals surface area contributed by atoms with Crippen LogP contribution in [0.2, 0.25) is 0 Å². The van der Waals surface area contributed by atoms with Gasteiger partial charge in [-0.1, -0.05) is 12.1 Å². The first-order chi connectivity index (χ1) is 10.4. The first kappa shape index (κ1) is 20.1. The fourth-order valence-corrected chi connectivity index (χ4v) is 2.96. The Morgan fingerprint density at radius 3 is 2.43 bits per heavy atom. The molecule has 1 saturated heterocycles. The number of ether oxygens (including phenoxy) is 1. The van der Waals surface area contributed by atoms with Gasteiger partial charge >= 0.3 is 6.18 Å². The summed E-state index contributed by atoms with van der Waals surface area (Å²) in [4.78, 5) is 2.14. The van der Waals surface area contributed by atoms with Crippen LogP contribution in [0.5, 0.6) is 5.75 Å². The van der Waals surface area contributed by atoms with Crippen LogP contribution in [0, 0.1) is 6.92 Å². The molecule has 7 heteroatoms. The van der Waals surface area contributed by atoms with Crippen molar-refractivity contribution in [3.05, 3.63) is 29.3 Å². The Bertz CT molecular complexity index is 491. The third-order valence-corrected chi connectivity index (χ3v) is 4.10. The molecular weight excluding hydrogens is 329 g/mol. The summed E-state index contributed by atoms with van der Waals surface area (Å²) < 4.78 is 43.2. The van der Waals surface area contributed by atoms with E-state index in [1.54, 1.807) is 7.11 Å². The summed E-state index contributed by atoms with van der Waals surface area (Å²) in [6, 6.07) is 5.47. The molecule has 1 fully saturated rings. The van der Waals surface area contributed by atoms with Crippen molar-refractivity contribution in [3.63, 3.8) is 0 Å². The van der Waals surface area contributed by atoms with E-state index in [2.05, 4.69) is 10.2 Å². The second-order valence-electron chi connectivity index (χ2n) is 5.68. The number of nitrogens with one attached hydrogen (secondary N) is 1. The highest BCUT2D eigenvalue weighted by Gasteiger charge is 2.31. The zero-order valence-corrected chi connectivity index (χ0v) is 14.3. The van der Waals surface area contributed by atoms with Crippen LogP contribution in [-0.4, -0.2) is 44.4 Å². The van der Waals surface area contributed by atoms with E-state index in [0.29, 0.717) is 0 Å². The third-order valence-electron chi connectivity index (χ3n) is 4.10. The molecule has 1 N–H and O–H groups in total. The molecule has 3 nitrogen and oxygen atoms in total. The van der Waals surface area contributed by atoms with Crippen molar-refractivity contribution >= 4 is 12.4 Å². The standard InChI is InChI=1S/C16H23F3N2O.ClH/c1-12-11-13(3-4-15(12)22-2)14(5-6-16(17,18)19)21-9-7-20-8-10-21;/h3-4,11,14,20H,5-10H2,1-2H3;1H/t14-;/m1./s1. The van der Waals surface area contributed by atoms with Crippen molar-refractivity contribution in [1.82, 2.24) is 10.2 Å². The molecule has 0 spiro atoms. The number of benzene rings is 1. The summed E-state index contributed by atoms with van der Waals surface area (Å²) in [6.45, 7) is 5.09. The number of aryl methyl sites for hydroxylation is 1. The summed E-state index contributed by atoms with van der Waals surface area (Å²) in [5.41, 5.74) is 1.89. The number of alkyl halides is 3. The summed E-state index contributed by atoms with van der Waals surface area (Å²) in [5.74, 6) is 0.763. The molecule has 132 valence electrons. The van der Waals surface area contributed by atoms with Gasteiger partial charge in [0.25, 0.3) is 0 Å². The van der Waals surface area contributed by atoms with E-state index < -0.39 is 12.6 Å². The number of hydrogen-bond acceptors (Lipinski definition) is 3. The predicted molar refractivity (Wildman–Crippen MR) is 87.5 cm³/mol. The molecule has 1 aliphatic rings. The van der Waals surface area contributed by atoms with Gasteiger partial charge in [0.05, 0.1) is 7.11 Å². The number of nitrogens with zero attached hydrogens (tertiary/aromatic N) is 1. The number of halogens is 4. The summed E-state index contributed by atoms with van der Waals surface area (Å²) in [5, 5.41) is 3.24. The van der Waals surface area contributed by atoms with E-state index in [9.17, 15) is 13.2 Å². The average molecular weight is 353 g/mol. The molecule has 0 aliphatic carbocycles. The predicted octanol–water partition coefficient (Wildman–Crippen LogP) is 3.71. The molecule has 0 bridgehead atoms. The zero-order valence-electron chi connectivity index (χ0n) is 13.4. The van der Waals surface area contributed by atoms with Crippen LogP contribution in [0.15, 0.2) is 18.2 Å². The van der Waals surface area contributed by atoms with Crippen LogP contribution in [0.4, 0.5) is 13.2 Å². The van der Waals surface area contributed by atoms with Crippen molar-refractivity contribution in [3.8, 4) is 5.75 Å². The van der Waals surface area contributed by atoms with Crippen LogP contribution < -0.4 is 10.1 Å². The first-order valence-electron chi connectivity index (χ1n) is 7.57. The van der Waals surface area contributed by atoms with Gasteiger partial charge in [0.1, 0.15) is 5.75 Å². The summed E-state index contributed by atoms with van der Waals surface area (Å²) in [6.07, 6.45) is -4.78. The van der Waals surface area contributed by atoms with Gasteiger partial charge in [-0.3, -0.25) is 4.90 Å². The lowest BCUT2D eigenvalue weighted by Gasteiger charge is -2.35. The molecular formula is C16H24ClF3N2O. The Balaban J connectivity index is 0.00000264. The third kappa shape index (κ3) is 5.86. The molecule has 1 aliphatic heterocycles. The van der Waals surface area contributed by atoms with Gasteiger partial charge < -0.3 is 10.1 Å². The van der Waals surface area contributed by atoms with E-state index >= 15 is 0 Å². The smallest absolute Gasteiger partial charge is 0.389 e. The van der Waals surface area contributed by atoms with Crippen molar-refractivity contribution in [1.29, 1.82) is 0 Å². The molecule has 1 atom stereocenters. The zero-order chi connectivity index (χ0) is 16.2. The lowest BCUT2D eigenvalue weighted by atomic mass is 9.97. The Hall–Kier alpha value is -0.980. The monoisotopic (exact) mass is 352 g/mol. The van der Waals surface area contributed by atoms with E-state index in [4.69, 9.17) is 4.74 Å². The number of hydrogen-bond donors (Lipinski definition) is 1. The highest BCUT2D eigenvalue weighted by molar-refractivity contribution is 5.85. The Morgan fingerprint density at radius 1 is 1.26 bits per heavy atom. The summed E-state index contributed by atoms with van der Waals surface area (Å²) >= 11 is 0. The Labute approximate surface area is 141 Å². The SMILES string of the molecule is COc1ccc([C@@H](CCC(F)(F)F)N2CCNCC2)cc1C.Cl. The molecule has 1 aromatic rings. The van der Waals surface area contributed by atoms with Gasteiger partial charge in [0.2, 0.25) is 0 Å². The molecule has 23 heavy (non-hydrogen) atoms. The van der Waals surface area contributed by atoms with Crippen LogP contribution in [0.3, 0.4) is 0 Å². The highest BCUT2D eigenvalue weighted by Crippen LogP contribution is 2.33. The quantitative estimate of drug-likeness (QED) is 0.874. The number of rotatable bonds is 5. The molecule has 0 amide bonds. The molecule has 0 aromatic heterocycles. The van der Waals surface area contributed by atoms with E-state index in [1.807, 2.05) is 25.1 Å². The van der Waals surface area contributed by atoms with Crippen LogP contribution >= 0.6 is 12.4 Å². The second-order valence-corrected chi connectivity index (χ2v) is 5.68. The van der Waals surface area contributed by atoms with Crippen molar-refractivity contribution in [2.45, 2.75) is 32.0 Å². The Morgan fingerprint density at radius 2 is 1.91 bits per heavy atom. The number of methoxy groups -OCH3 is 1. The largest absolute Gasteiger partial charge is 0.496 e. The van der Waals surface area contributed by atoms with Gasteiger partial charge in [-0.15, -0.1) is 12.4 Å². The first-order valence-corrected chi connectivity index (χ1v) is 7.57. The maximum Gasteiger partial charge on any atom is 0.389 e. The van der Waals surface area contributed by atoms with Crippen molar-refractivity contribution in [2.75, 3.05) is 33.3 Å². The van der Waals surface area contributed by atoms with E-state index in [-0.39, 0.29) is 24.9 Å². The number of piperazine rings is 1. The van der Waals surface area contributed by atoms with Gasteiger partial charge in [0, 0.05) is 38.6 Å². The summed E-state index contributed by atoms with van der Waals surface area (Å²) in [7, 11) is 1.60. The van der Waals surface area contributed by atoms with Crippen LogP contribution in [0.1, 0.15) is 30.0 Å². The van der Waals surface area contributed by atoms with Crippen molar-refractivity contribution < 1.29 is 17.9 Å². The Kier molecular flexibility index (Phi) is 7.64. The van der Waals surface area contributed by atoms with Crippen LogP contribution in [0.25, 0.3) is 0 Å². The minimum Gasteiger partial charge on any atom is -0.496 e. The lowest BCUT2D eigenvalue weighted by Crippen LogP contribution is -2.45. The van der Waals surface area contributed by atoms with Crippen molar-refractivity contribution in [2.24, 2.45) is 0 Å². The van der Waals surface area contributed by atoms with Gasteiger partial charge in [-0.05, 0) is 30.5 Å². The fraction of sp³-hybridized carbons (Fsp3) is 0.625. The highest BCUT2D eigenvalue weighted by atomic mass is 35.5. The maximum atomic E-state index is 12.6. The van der Waals surface area contributed by atoms with Gasteiger partial charge in [-0.2, -0.15) is 13.2 Å². The van der Waals surface area contributed by atoms with Crippen LogP contribution in [-0.2, 0) is 0 Å². The van der Waals surface area contributed by atoms with E-state index in [0.717, 1.165) is 43.1 Å². The average Bonchev–Trinajstić information content (AvgIpc) is 2.47. The topological polar surface area (TPSA) is 24.5 Å². The van der Waals surface area contributed by atoms with Gasteiger partial charge in [-0.25, -0.2) is 0 Å². The normalized spacial score (nSPS) is 17.4. The van der Waals surface area contributed by atoms with E-state index in [1.165, 1.54) is 0 Å². The second kappa shape index (κ2) is 8.76. The molecule has 0 saturated carbocycles. The maximum absolute atomic E-state index is 12.6. The van der Waals surface area contributed by atoms with Gasteiger partial charge in [0.15, 0.2) is 0 Å². The molecule has 1 aromatic carbocycles. The fourth-order valence-electron chi connectivity index (χ4n) is 2.96. The lowest BCUT2D eigenvalue weighted by molar-refractivity contribution is -0.138.